The maximum atomic E-state index is 12.5. The zero-order chi connectivity index (χ0) is 18.7. The van der Waals surface area contributed by atoms with Crippen molar-refractivity contribution >= 4 is 17.6 Å². The van der Waals surface area contributed by atoms with E-state index in [0.29, 0.717) is 0 Å². The van der Waals surface area contributed by atoms with Crippen LogP contribution in [0.2, 0.25) is 0 Å². The fourth-order valence-corrected chi connectivity index (χ4v) is 7.27. The van der Waals surface area contributed by atoms with Crippen molar-refractivity contribution in [3.63, 3.8) is 0 Å². The molecule has 4 aliphatic carbocycles. The third kappa shape index (κ3) is 3.12. The largest absolute Gasteiger partial charge is 0.338 e. The Hall–Kier alpha value is -1.23. The van der Waals surface area contributed by atoms with Crippen LogP contribution < -0.4 is 10.6 Å². The van der Waals surface area contributed by atoms with Gasteiger partial charge in [-0.2, -0.15) is 5.10 Å². The second kappa shape index (κ2) is 6.15. The van der Waals surface area contributed by atoms with Gasteiger partial charge in [0.05, 0.1) is 11.7 Å². The Morgan fingerprint density at radius 1 is 1.31 bits per heavy atom. The molecule has 2 N–H and O–H groups in total. The van der Waals surface area contributed by atoms with E-state index < -0.39 is 0 Å². The molecule has 2 amide bonds. The second-order valence-corrected chi connectivity index (χ2v) is 10.2. The first-order valence-corrected chi connectivity index (χ1v) is 10.3. The molecule has 1 aromatic rings. The second-order valence-electron chi connectivity index (χ2n) is 9.37. The number of amides is 2. The first-order chi connectivity index (χ1) is 12.2. The summed E-state index contributed by atoms with van der Waals surface area (Å²) in [4.78, 5) is 12.5. The standard InChI is InChI=1S/C20H31ClN4O/c1-12(17-13(2)24-25(4)14(17)3)23-18(26)22-11-19-6-15-5-16(7-19)9-20(21,8-15)10-19/h12,15-16H,5-11H2,1-4H3,(H2,22,23,26). The molecule has 6 heteroatoms. The Balaban J connectivity index is 1.37. The SMILES string of the molecule is Cc1nn(C)c(C)c1C(C)NC(=O)NCC12CC3CC(CC(Cl)(C3)C1)C2. The summed E-state index contributed by atoms with van der Waals surface area (Å²) in [6.07, 6.45) is 7.22. The normalized spacial score (nSPS) is 36.2. The minimum absolute atomic E-state index is 0.000532. The van der Waals surface area contributed by atoms with Crippen molar-refractivity contribution in [3.8, 4) is 0 Å². The molecular formula is C20H31ClN4O. The number of alkyl halides is 1. The van der Waals surface area contributed by atoms with Crippen LogP contribution in [0.4, 0.5) is 4.79 Å². The number of nitrogens with zero attached hydrogens (tertiary/aromatic N) is 2. The molecule has 4 fully saturated rings. The monoisotopic (exact) mass is 378 g/mol. The lowest BCUT2D eigenvalue weighted by molar-refractivity contribution is -0.0373. The Labute approximate surface area is 161 Å². The number of carbonyl (C=O) groups excluding carboxylic acids is 1. The highest BCUT2D eigenvalue weighted by Gasteiger charge is 2.56. The van der Waals surface area contributed by atoms with E-state index in [1.165, 1.54) is 32.1 Å². The van der Waals surface area contributed by atoms with E-state index in [1.54, 1.807) is 0 Å². The molecule has 0 radical (unpaired) electrons. The van der Waals surface area contributed by atoms with Crippen LogP contribution in [0.15, 0.2) is 0 Å². The number of nitrogens with one attached hydrogen (secondary N) is 2. The molecule has 0 spiro atoms. The molecule has 0 aliphatic heterocycles. The van der Waals surface area contributed by atoms with Crippen LogP contribution in [0.5, 0.6) is 0 Å². The number of aryl methyl sites for hydroxylation is 2. The van der Waals surface area contributed by atoms with E-state index >= 15 is 0 Å². The van der Waals surface area contributed by atoms with Gasteiger partial charge in [0.25, 0.3) is 0 Å². The van der Waals surface area contributed by atoms with Gasteiger partial charge in [-0.1, -0.05) is 0 Å². The highest BCUT2D eigenvalue weighted by molar-refractivity contribution is 6.24. The van der Waals surface area contributed by atoms with Gasteiger partial charge in [-0.25, -0.2) is 4.79 Å². The number of aromatic nitrogens is 2. The maximum Gasteiger partial charge on any atom is 0.315 e. The summed E-state index contributed by atoms with van der Waals surface area (Å²) in [6, 6.07) is -0.140. The summed E-state index contributed by atoms with van der Waals surface area (Å²) in [6.45, 7) is 6.81. The van der Waals surface area contributed by atoms with Gasteiger partial charge in [0.2, 0.25) is 0 Å². The van der Waals surface area contributed by atoms with Gasteiger partial charge in [-0.15, -0.1) is 11.6 Å². The molecule has 144 valence electrons. The molecule has 5 nitrogen and oxygen atoms in total. The predicted octanol–water partition coefficient (Wildman–Crippen LogP) is 3.97. The van der Waals surface area contributed by atoms with Gasteiger partial charge < -0.3 is 10.6 Å². The number of hydrogen-bond acceptors (Lipinski definition) is 2. The Kier molecular flexibility index (Phi) is 4.29. The van der Waals surface area contributed by atoms with Crippen molar-refractivity contribution in [1.29, 1.82) is 0 Å². The average Bonchev–Trinajstić information content (AvgIpc) is 2.75. The van der Waals surface area contributed by atoms with E-state index in [2.05, 4.69) is 15.7 Å². The highest BCUT2D eigenvalue weighted by Crippen LogP contribution is 2.63. The summed E-state index contributed by atoms with van der Waals surface area (Å²) in [5, 5.41) is 10.7. The number of rotatable bonds is 4. The minimum atomic E-state index is -0.0838. The van der Waals surface area contributed by atoms with E-state index in [4.69, 9.17) is 11.6 Å². The first-order valence-electron chi connectivity index (χ1n) is 9.92. The quantitative estimate of drug-likeness (QED) is 0.778. The zero-order valence-corrected chi connectivity index (χ0v) is 17.1. The number of carbonyl (C=O) groups is 1. The lowest BCUT2D eigenvalue weighted by atomic mass is 9.49. The fourth-order valence-electron chi connectivity index (χ4n) is 6.55. The van der Waals surface area contributed by atoms with Gasteiger partial charge in [-0.05, 0) is 76.5 Å². The fraction of sp³-hybridized carbons (Fsp3) is 0.800. The average molecular weight is 379 g/mol. The number of halogens is 1. The Bertz CT molecular complexity index is 714. The van der Waals surface area contributed by atoms with Crippen molar-refractivity contribution in [2.24, 2.45) is 24.3 Å². The molecule has 0 saturated heterocycles. The molecule has 3 unspecified atom stereocenters. The maximum absolute atomic E-state index is 12.5. The van der Waals surface area contributed by atoms with Crippen LogP contribution in [0.1, 0.15) is 68.4 Å². The van der Waals surface area contributed by atoms with Crippen LogP contribution in [-0.4, -0.2) is 27.2 Å². The smallest absolute Gasteiger partial charge is 0.315 e. The minimum Gasteiger partial charge on any atom is -0.338 e. The molecule has 1 aromatic heterocycles. The van der Waals surface area contributed by atoms with Crippen molar-refractivity contribution < 1.29 is 4.79 Å². The summed E-state index contributed by atoms with van der Waals surface area (Å²) in [5.74, 6) is 1.52. The highest BCUT2D eigenvalue weighted by atomic mass is 35.5. The van der Waals surface area contributed by atoms with Crippen LogP contribution in [0.3, 0.4) is 0 Å². The molecule has 1 heterocycles. The third-order valence-electron chi connectivity index (χ3n) is 7.08. The Morgan fingerprint density at radius 3 is 2.50 bits per heavy atom. The van der Waals surface area contributed by atoms with Crippen molar-refractivity contribution in [1.82, 2.24) is 20.4 Å². The molecule has 4 aliphatic rings. The summed E-state index contributed by atoms with van der Waals surface area (Å²) < 4.78 is 1.87. The molecule has 26 heavy (non-hydrogen) atoms. The summed E-state index contributed by atoms with van der Waals surface area (Å²) in [7, 11) is 1.94. The van der Waals surface area contributed by atoms with Gasteiger partial charge in [0, 0.05) is 29.7 Å². The van der Waals surface area contributed by atoms with Crippen LogP contribution in [0.25, 0.3) is 0 Å². The predicted molar refractivity (Wildman–Crippen MR) is 103 cm³/mol. The molecule has 3 atom stereocenters. The van der Waals surface area contributed by atoms with Crippen molar-refractivity contribution in [2.45, 2.75) is 70.2 Å². The van der Waals surface area contributed by atoms with Crippen molar-refractivity contribution in [3.05, 3.63) is 17.0 Å². The first kappa shape index (κ1) is 18.1. The lowest BCUT2D eigenvalue weighted by Gasteiger charge is -2.60. The van der Waals surface area contributed by atoms with Crippen LogP contribution in [0, 0.1) is 31.1 Å². The topological polar surface area (TPSA) is 59.0 Å². The lowest BCUT2D eigenvalue weighted by Crippen LogP contribution is -2.57. The molecule has 0 aromatic carbocycles. The molecule has 4 bridgehead atoms. The van der Waals surface area contributed by atoms with E-state index in [0.717, 1.165) is 41.8 Å². The Morgan fingerprint density at radius 2 is 1.96 bits per heavy atom. The summed E-state index contributed by atoms with van der Waals surface area (Å²) >= 11 is 6.90. The third-order valence-corrected chi connectivity index (χ3v) is 7.52. The van der Waals surface area contributed by atoms with E-state index in [1.807, 2.05) is 32.5 Å². The zero-order valence-electron chi connectivity index (χ0n) is 16.4. The van der Waals surface area contributed by atoms with Gasteiger partial charge in [0.1, 0.15) is 0 Å². The van der Waals surface area contributed by atoms with Gasteiger partial charge >= 0.3 is 6.03 Å². The van der Waals surface area contributed by atoms with E-state index in [-0.39, 0.29) is 22.4 Å². The summed E-state index contributed by atoms with van der Waals surface area (Å²) in [5.41, 5.74) is 3.40. The van der Waals surface area contributed by atoms with E-state index in [9.17, 15) is 4.79 Å². The van der Waals surface area contributed by atoms with Crippen LogP contribution in [-0.2, 0) is 7.05 Å². The number of urea groups is 1. The van der Waals surface area contributed by atoms with Crippen LogP contribution >= 0.6 is 11.6 Å². The molecular weight excluding hydrogens is 348 g/mol. The van der Waals surface area contributed by atoms with Gasteiger partial charge in [0.15, 0.2) is 0 Å². The van der Waals surface area contributed by atoms with Gasteiger partial charge in [-0.3, -0.25) is 4.68 Å². The molecule has 5 rings (SSSR count). The molecule has 4 saturated carbocycles. The van der Waals surface area contributed by atoms with Crippen molar-refractivity contribution in [2.75, 3.05) is 6.54 Å². The number of hydrogen-bond donors (Lipinski definition) is 2.